The molecule has 0 saturated carbocycles. The third-order valence-corrected chi connectivity index (χ3v) is 5.64. The molecule has 0 spiro atoms. The van der Waals surface area contributed by atoms with Gasteiger partial charge in [0.1, 0.15) is 0 Å². The van der Waals surface area contributed by atoms with Gasteiger partial charge in [0.15, 0.2) is 0 Å². The Bertz CT molecular complexity index is 736. The predicted octanol–water partition coefficient (Wildman–Crippen LogP) is 3.46. The van der Waals surface area contributed by atoms with Gasteiger partial charge in [-0.05, 0) is 44.0 Å². The highest BCUT2D eigenvalue weighted by Crippen LogP contribution is 2.27. The van der Waals surface area contributed by atoms with Crippen molar-refractivity contribution in [3.63, 3.8) is 0 Å². The fraction of sp³-hybridized carbons (Fsp3) is 0.409. The van der Waals surface area contributed by atoms with Gasteiger partial charge < -0.3 is 0 Å². The van der Waals surface area contributed by atoms with Crippen LogP contribution in [-0.2, 0) is 6.54 Å². The van der Waals surface area contributed by atoms with Crippen LogP contribution in [0.5, 0.6) is 0 Å². The van der Waals surface area contributed by atoms with E-state index in [-0.39, 0.29) is 6.04 Å². The summed E-state index contributed by atoms with van der Waals surface area (Å²) in [6, 6.07) is 19.3. The normalized spacial score (nSPS) is 22.4. The lowest BCUT2D eigenvalue weighted by molar-refractivity contribution is 0.0143. The largest absolute Gasteiger partial charge is 0.294 e. The highest BCUT2D eigenvalue weighted by Gasteiger charge is 2.31. The highest BCUT2D eigenvalue weighted by atomic mass is 16.5. The number of hydroxylamine groups is 1. The zero-order valence-electron chi connectivity index (χ0n) is 16.3. The molecule has 144 valence electrons. The number of nitrogens with one attached hydrogen (secondary N) is 1. The van der Waals surface area contributed by atoms with Gasteiger partial charge in [-0.25, -0.2) is 5.48 Å². The first-order valence-electron chi connectivity index (χ1n) is 9.57. The molecule has 0 aliphatic carbocycles. The van der Waals surface area contributed by atoms with Gasteiger partial charge in [0.05, 0.1) is 0 Å². The van der Waals surface area contributed by atoms with Crippen molar-refractivity contribution in [2.75, 3.05) is 13.1 Å². The summed E-state index contributed by atoms with van der Waals surface area (Å²) in [4.78, 5) is 16.6. The van der Waals surface area contributed by atoms with Crippen molar-refractivity contribution in [2.24, 2.45) is 0 Å². The average molecular weight is 367 g/mol. The summed E-state index contributed by atoms with van der Waals surface area (Å²) in [5.74, 6) is -0.481. The topological polar surface area (TPSA) is 55.8 Å². The zero-order chi connectivity index (χ0) is 19.4. The second-order valence-electron chi connectivity index (χ2n) is 7.55. The van der Waals surface area contributed by atoms with Crippen LogP contribution in [0.25, 0.3) is 0 Å². The smallest absolute Gasteiger partial charge is 0.274 e. The first-order chi connectivity index (χ1) is 13.0. The van der Waals surface area contributed by atoms with Gasteiger partial charge in [-0.2, -0.15) is 0 Å². The summed E-state index contributed by atoms with van der Waals surface area (Å²) in [6.45, 7) is 9.82. The van der Waals surface area contributed by atoms with E-state index < -0.39 is 5.91 Å². The maximum Gasteiger partial charge on any atom is 0.274 e. The molecule has 1 fully saturated rings. The quantitative estimate of drug-likeness (QED) is 0.628. The number of hydrogen-bond donors (Lipinski definition) is 2. The molecule has 3 atom stereocenters. The Kier molecular flexibility index (Phi) is 6.26. The van der Waals surface area contributed by atoms with Crippen LogP contribution >= 0.6 is 0 Å². The number of carbonyl (C=O) groups is 1. The maximum absolute atomic E-state index is 11.5. The second-order valence-corrected chi connectivity index (χ2v) is 7.55. The standard InChI is InChI=1S/C22H29N3O2/c1-16-13-24(14-17(2)25(16)15-19-7-5-4-6-8-19)18(3)20-9-11-21(12-10-20)22(26)23-27/h4-12,16-18,27H,13-15H2,1-3H3,(H,23,26)/t16-,17+,18?. The van der Waals surface area contributed by atoms with Crippen molar-refractivity contribution in [1.82, 2.24) is 15.3 Å². The van der Waals surface area contributed by atoms with E-state index in [2.05, 4.69) is 60.9 Å². The lowest BCUT2D eigenvalue weighted by Gasteiger charge is -2.46. The third kappa shape index (κ3) is 4.56. The minimum atomic E-state index is -0.481. The average Bonchev–Trinajstić information content (AvgIpc) is 2.70. The van der Waals surface area contributed by atoms with Gasteiger partial charge >= 0.3 is 0 Å². The molecule has 0 bridgehead atoms. The molecule has 5 heteroatoms. The molecule has 0 aromatic heterocycles. The molecule has 1 saturated heterocycles. The molecule has 27 heavy (non-hydrogen) atoms. The molecular weight excluding hydrogens is 338 g/mol. The van der Waals surface area contributed by atoms with Gasteiger partial charge in [0, 0.05) is 43.3 Å². The molecule has 1 aliphatic rings. The zero-order valence-corrected chi connectivity index (χ0v) is 16.3. The Morgan fingerprint density at radius 3 is 2.22 bits per heavy atom. The summed E-state index contributed by atoms with van der Waals surface area (Å²) < 4.78 is 0. The summed E-state index contributed by atoms with van der Waals surface area (Å²) >= 11 is 0. The van der Waals surface area contributed by atoms with E-state index in [0.29, 0.717) is 17.6 Å². The van der Waals surface area contributed by atoms with E-state index in [1.807, 2.05) is 12.1 Å². The van der Waals surface area contributed by atoms with Gasteiger partial charge in [-0.15, -0.1) is 0 Å². The Balaban J connectivity index is 1.66. The number of amides is 1. The summed E-state index contributed by atoms with van der Waals surface area (Å²) in [7, 11) is 0. The minimum Gasteiger partial charge on any atom is -0.294 e. The molecule has 1 amide bonds. The maximum atomic E-state index is 11.5. The third-order valence-electron chi connectivity index (χ3n) is 5.64. The minimum absolute atomic E-state index is 0.278. The highest BCUT2D eigenvalue weighted by molar-refractivity contribution is 5.93. The summed E-state index contributed by atoms with van der Waals surface area (Å²) in [6.07, 6.45) is 0. The van der Waals surface area contributed by atoms with E-state index in [4.69, 9.17) is 5.21 Å². The SMILES string of the molecule is CC(c1ccc(C(=O)NO)cc1)N1C[C@@H](C)N(Cc2ccccc2)[C@@H](C)C1. The first kappa shape index (κ1) is 19.5. The molecule has 2 aromatic rings. The number of hydrogen-bond acceptors (Lipinski definition) is 4. The van der Waals surface area contributed by atoms with Crippen LogP contribution in [0.1, 0.15) is 48.3 Å². The Hall–Kier alpha value is -2.21. The van der Waals surface area contributed by atoms with Crippen LogP contribution in [0.15, 0.2) is 54.6 Å². The van der Waals surface area contributed by atoms with Crippen molar-refractivity contribution in [2.45, 2.75) is 45.4 Å². The summed E-state index contributed by atoms with van der Waals surface area (Å²) in [5, 5.41) is 8.75. The van der Waals surface area contributed by atoms with Gasteiger partial charge in [0.25, 0.3) is 5.91 Å². The van der Waals surface area contributed by atoms with Gasteiger partial charge in [0.2, 0.25) is 0 Å². The van der Waals surface area contributed by atoms with Crippen LogP contribution in [0.3, 0.4) is 0 Å². The predicted molar refractivity (Wildman–Crippen MR) is 107 cm³/mol. The number of nitrogens with zero attached hydrogens (tertiary/aromatic N) is 2. The number of rotatable bonds is 5. The van der Waals surface area contributed by atoms with Crippen LogP contribution in [-0.4, -0.2) is 46.1 Å². The number of carbonyl (C=O) groups excluding carboxylic acids is 1. The molecule has 3 rings (SSSR count). The fourth-order valence-electron chi connectivity index (χ4n) is 4.01. The van der Waals surface area contributed by atoms with Gasteiger partial charge in [-0.1, -0.05) is 42.5 Å². The van der Waals surface area contributed by atoms with Crippen molar-refractivity contribution in [1.29, 1.82) is 0 Å². The van der Waals surface area contributed by atoms with Gasteiger partial charge in [-0.3, -0.25) is 19.8 Å². The van der Waals surface area contributed by atoms with Crippen LogP contribution in [0.2, 0.25) is 0 Å². The monoisotopic (exact) mass is 367 g/mol. The van der Waals surface area contributed by atoms with E-state index in [0.717, 1.165) is 19.6 Å². The van der Waals surface area contributed by atoms with Crippen molar-refractivity contribution >= 4 is 5.91 Å². The molecule has 1 aliphatic heterocycles. The molecule has 2 aromatic carbocycles. The second kappa shape index (κ2) is 8.65. The number of benzene rings is 2. The number of piperazine rings is 1. The first-order valence-corrected chi connectivity index (χ1v) is 9.57. The fourth-order valence-corrected chi connectivity index (χ4v) is 4.01. The van der Waals surface area contributed by atoms with Crippen molar-refractivity contribution < 1.29 is 10.0 Å². The lowest BCUT2D eigenvalue weighted by atomic mass is 10.00. The van der Waals surface area contributed by atoms with Crippen LogP contribution < -0.4 is 5.48 Å². The molecule has 0 radical (unpaired) electrons. The molecular formula is C22H29N3O2. The summed E-state index contributed by atoms with van der Waals surface area (Å²) in [5.41, 5.74) is 4.67. The van der Waals surface area contributed by atoms with Crippen molar-refractivity contribution in [3.05, 3.63) is 71.3 Å². The lowest BCUT2D eigenvalue weighted by Crippen LogP contribution is -2.56. The Labute approximate surface area is 161 Å². The Morgan fingerprint density at radius 1 is 1.07 bits per heavy atom. The molecule has 2 N–H and O–H groups in total. The van der Waals surface area contributed by atoms with E-state index in [1.165, 1.54) is 11.1 Å². The van der Waals surface area contributed by atoms with E-state index in [9.17, 15) is 4.79 Å². The Morgan fingerprint density at radius 2 is 1.67 bits per heavy atom. The van der Waals surface area contributed by atoms with Crippen molar-refractivity contribution in [3.8, 4) is 0 Å². The van der Waals surface area contributed by atoms with Crippen LogP contribution in [0, 0.1) is 0 Å². The molecule has 1 unspecified atom stereocenters. The molecule has 1 heterocycles. The van der Waals surface area contributed by atoms with E-state index >= 15 is 0 Å². The molecule has 5 nitrogen and oxygen atoms in total. The van der Waals surface area contributed by atoms with E-state index in [1.54, 1.807) is 17.6 Å². The van der Waals surface area contributed by atoms with Crippen LogP contribution in [0.4, 0.5) is 0 Å².